The molecule has 1 atom stereocenters. The van der Waals surface area contributed by atoms with Crippen LogP contribution in [0.5, 0.6) is 11.5 Å². The molecule has 2 aliphatic rings. The standard InChI is InChI=1S/C19H23N3O3S/c1-2-21-8-3-4-15(21)11-22(12-18-20-7-9-26-18)19(23)14-5-6-16-17(10-14)25-13-24-16/h5-7,9-10,15H,2-4,8,11-13H2,1H3/t15-/m1/s1. The molecule has 138 valence electrons. The van der Waals surface area contributed by atoms with Gasteiger partial charge in [-0.2, -0.15) is 0 Å². The molecule has 0 N–H and O–H groups in total. The van der Waals surface area contributed by atoms with Gasteiger partial charge < -0.3 is 14.4 Å². The lowest BCUT2D eigenvalue weighted by Crippen LogP contribution is -2.42. The highest BCUT2D eigenvalue weighted by molar-refractivity contribution is 7.09. The lowest BCUT2D eigenvalue weighted by molar-refractivity contribution is 0.0691. The molecule has 0 spiro atoms. The first-order valence-corrected chi connectivity index (χ1v) is 9.94. The Labute approximate surface area is 157 Å². The van der Waals surface area contributed by atoms with E-state index >= 15 is 0 Å². The number of nitrogens with zero attached hydrogens (tertiary/aromatic N) is 3. The van der Waals surface area contributed by atoms with Crippen LogP contribution < -0.4 is 9.47 Å². The van der Waals surface area contributed by atoms with Gasteiger partial charge in [-0.05, 0) is 44.1 Å². The first kappa shape index (κ1) is 17.3. The second kappa shape index (κ2) is 7.63. The molecule has 2 aromatic rings. The van der Waals surface area contributed by atoms with Gasteiger partial charge in [-0.3, -0.25) is 9.69 Å². The number of amides is 1. The molecule has 1 aromatic heterocycles. The summed E-state index contributed by atoms with van der Waals surface area (Å²) in [4.78, 5) is 22.0. The smallest absolute Gasteiger partial charge is 0.254 e. The Hall–Kier alpha value is -2.12. The van der Waals surface area contributed by atoms with E-state index < -0.39 is 0 Å². The average molecular weight is 373 g/mol. The summed E-state index contributed by atoms with van der Waals surface area (Å²) in [6.07, 6.45) is 4.12. The van der Waals surface area contributed by atoms with Crippen molar-refractivity contribution in [3.8, 4) is 11.5 Å². The monoisotopic (exact) mass is 373 g/mol. The summed E-state index contributed by atoms with van der Waals surface area (Å²) in [6, 6.07) is 5.83. The van der Waals surface area contributed by atoms with Crippen LogP contribution in [0.2, 0.25) is 0 Å². The Morgan fingerprint density at radius 2 is 2.27 bits per heavy atom. The fourth-order valence-electron chi connectivity index (χ4n) is 3.70. The third-order valence-corrected chi connectivity index (χ3v) is 5.82. The summed E-state index contributed by atoms with van der Waals surface area (Å²) >= 11 is 1.59. The summed E-state index contributed by atoms with van der Waals surface area (Å²) < 4.78 is 10.8. The van der Waals surface area contributed by atoms with Crippen molar-refractivity contribution in [2.75, 3.05) is 26.4 Å². The minimum Gasteiger partial charge on any atom is -0.454 e. The fourth-order valence-corrected chi connectivity index (χ4v) is 4.33. The fraction of sp³-hybridized carbons (Fsp3) is 0.474. The van der Waals surface area contributed by atoms with Crippen molar-refractivity contribution in [3.05, 3.63) is 40.3 Å². The maximum absolute atomic E-state index is 13.2. The zero-order valence-corrected chi connectivity index (χ0v) is 15.7. The number of hydrogen-bond donors (Lipinski definition) is 0. The largest absolute Gasteiger partial charge is 0.454 e. The number of rotatable bonds is 6. The maximum atomic E-state index is 13.2. The number of likely N-dealkylation sites (tertiary alicyclic amines) is 1. The Bertz CT molecular complexity index is 765. The number of likely N-dealkylation sites (N-methyl/N-ethyl adjacent to an activating group) is 1. The third kappa shape index (κ3) is 3.54. The Morgan fingerprint density at radius 3 is 3.08 bits per heavy atom. The van der Waals surface area contributed by atoms with Gasteiger partial charge in [0.2, 0.25) is 6.79 Å². The highest BCUT2D eigenvalue weighted by Crippen LogP contribution is 2.33. The molecule has 7 heteroatoms. The van der Waals surface area contributed by atoms with Crippen molar-refractivity contribution >= 4 is 17.2 Å². The van der Waals surface area contributed by atoms with Crippen LogP contribution in [-0.2, 0) is 6.54 Å². The molecule has 0 unspecified atom stereocenters. The van der Waals surface area contributed by atoms with E-state index in [0.29, 0.717) is 29.6 Å². The number of ether oxygens (including phenoxy) is 2. The van der Waals surface area contributed by atoms with Gasteiger partial charge in [-0.1, -0.05) is 6.92 Å². The minimum atomic E-state index is 0.0152. The van der Waals surface area contributed by atoms with Crippen LogP contribution in [0.1, 0.15) is 35.1 Å². The van der Waals surface area contributed by atoms with E-state index in [1.54, 1.807) is 23.6 Å². The van der Waals surface area contributed by atoms with E-state index in [1.807, 2.05) is 22.4 Å². The minimum absolute atomic E-state index is 0.0152. The molecule has 3 heterocycles. The van der Waals surface area contributed by atoms with Gasteiger partial charge in [-0.15, -0.1) is 11.3 Å². The SMILES string of the molecule is CCN1CCC[C@@H]1CN(Cc1nccs1)C(=O)c1ccc2c(c1)OCO2. The molecule has 0 radical (unpaired) electrons. The van der Waals surface area contributed by atoms with Gasteiger partial charge in [0, 0.05) is 29.7 Å². The van der Waals surface area contributed by atoms with E-state index in [9.17, 15) is 4.79 Å². The second-order valence-corrected chi connectivity index (χ2v) is 7.58. The summed E-state index contributed by atoms with van der Waals surface area (Å²) in [6.45, 7) is 5.80. The molecule has 1 aromatic carbocycles. The molecule has 1 fully saturated rings. The van der Waals surface area contributed by atoms with Gasteiger partial charge in [0.05, 0.1) is 6.54 Å². The van der Waals surface area contributed by atoms with Crippen LogP contribution in [0.3, 0.4) is 0 Å². The predicted octanol–water partition coefficient (Wildman–Crippen LogP) is 3.00. The van der Waals surface area contributed by atoms with E-state index in [4.69, 9.17) is 9.47 Å². The molecule has 2 aliphatic heterocycles. The first-order valence-electron chi connectivity index (χ1n) is 9.06. The molecule has 6 nitrogen and oxygen atoms in total. The summed E-state index contributed by atoms with van der Waals surface area (Å²) in [5.74, 6) is 1.35. The highest BCUT2D eigenvalue weighted by atomic mass is 32.1. The molecular weight excluding hydrogens is 350 g/mol. The van der Waals surface area contributed by atoms with E-state index in [0.717, 1.165) is 31.1 Å². The van der Waals surface area contributed by atoms with Crippen molar-refractivity contribution in [3.63, 3.8) is 0 Å². The van der Waals surface area contributed by atoms with E-state index in [-0.39, 0.29) is 12.7 Å². The molecule has 4 rings (SSSR count). The number of hydrogen-bond acceptors (Lipinski definition) is 6. The predicted molar refractivity (Wildman–Crippen MR) is 99.7 cm³/mol. The lowest BCUT2D eigenvalue weighted by atomic mass is 10.1. The number of carbonyl (C=O) groups excluding carboxylic acids is 1. The highest BCUT2D eigenvalue weighted by Gasteiger charge is 2.28. The zero-order chi connectivity index (χ0) is 17.9. The van der Waals surface area contributed by atoms with Gasteiger partial charge in [-0.25, -0.2) is 4.98 Å². The van der Waals surface area contributed by atoms with Gasteiger partial charge in [0.15, 0.2) is 11.5 Å². The Kier molecular flexibility index (Phi) is 5.08. The number of fused-ring (bicyclic) bond motifs is 1. The lowest BCUT2D eigenvalue weighted by Gasteiger charge is -2.30. The quantitative estimate of drug-likeness (QED) is 0.779. The van der Waals surface area contributed by atoms with Gasteiger partial charge >= 0.3 is 0 Å². The summed E-state index contributed by atoms with van der Waals surface area (Å²) in [5, 5.41) is 2.91. The van der Waals surface area contributed by atoms with Crippen LogP contribution >= 0.6 is 11.3 Å². The van der Waals surface area contributed by atoms with Crippen LogP contribution in [-0.4, -0.2) is 53.2 Å². The molecule has 0 aliphatic carbocycles. The van der Waals surface area contributed by atoms with E-state index in [2.05, 4.69) is 16.8 Å². The van der Waals surface area contributed by atoms with Crippen molar-refractivity contribution in [1.82, 2.24) is 14.8 Å². The Balaban J connectivity index is 1.56. The molecular formula is C19H23N3O3S. The van der Waals surface area contributed by atoms with E-state index in [1.165, 1.54) is 6.42 Å². The number of benzene rings is 1. The van der Waals surface area contributed by atoms with Crippen LogP contribution in [0.15, 0.2) is 29.8 Å². The van der Waals surface area contributed by atoms with Crippen molar-refractivity contribution in [2.45, 2.75) is 32.4 Å². The van der Waals surface area contributed by atoms with Crippen LogP contribution in [0.4, 0.5) is 0 Å². The zero-order valence-electron chi connectivity index (χ0n) is 14.9. The van der Waals surface area contributed by atoms with Gasteiger partial charge in [0.25, 0.3) is 5.91 Å². The molecule has 1 amide bonds. The van der Waals surface area contributed by atoms with Crippen LogP contribution in [0.25, 0.3) is 0 Å². The second-order valence-electron chi connectivity index (χ2n) is 6.60. The van der Waals surface area contributed by atoms with Crippen molar-refractivity contribution < 1.29 is 14.3 Å². The summed E-state index contributed by atoms with van der Waals surface area (Å²) in [7, 11) is 0. The molecule has 0 saturated carbocycles. The number of thiazole rings is 1. The van der Waals surface area contributed by atoms with Crippen molar-refractivity contribution in [1.29, 1.82) is 0 Å². The maximum Gasteiger partial charge on any atom is 0.254 e. The normalized spacial score (nSPS) is 19.0. The summed E-state index contributed by atoms with van der Waals surface area (Å²) in [5.41, 5.74) is 0.631. The third-order valence-electron chi connectivity index (χ3n) is 5.05. The Morgan fingerprint density at radius 1 is 1.38 bits per heavy atom. The van der Waals surface area contributed by atoms with Crippen LogP contribution in [0, 0.1) is 0 Å². The molecule has 1 saturated heterocycles. The number of carbonyl (C=O) groups is 1. The first-order chi connectivity index (χ1) is 12.7. The molecule has 0 bridgehead atoms. The average Bonchev–Trinajstić information content (AvgIpc) is 3.41. The molecule has 26 heavy (non-hydrogen) atoms. The van der Waals surface area contributed by atoms with Gasteiger partial charge in [0.1, 0.15) is 5.01 Å². The van der Waals surface area contributed by atoms with Crippen molar-refractivity contribution in [2.24, 2.45) is 0 Å². The topological polar surface area (TPSA) is 54.9 Å². The number of aromatic nitrogens is 1.